The Morgan fingerprint density at radius 3 is 1.94 bits per heavy atom. The number of anilines is 2. The molecule has 0 radical (unpaired) electrons. The second-order valence-electron chi connectivity index (χ2n) is 14.8. The van der Waals surface area contributed by atoms with Gasteiger partial charge >= 0.3 is 0 Å². The van der Waals surface area contributed by atoms with Crippen LogP contribution in [0, 0.1) is 5.41 Å². The van der Waals surface area contributed by atoms with Gasteiger partial charge in [-0.05, 0) is 83.6 Å². The SMILES string of the molecule is C=C(CCOCCCCCCCCCN1C(=C)c2ccccc2C12c1ccc(N)c(SC)c1Cc1c2ccc(N)c1SC)CC(C)(C)C. The lowest BCUT2D eigenvalue weighted by Crippen LogP contribution is -2.46. The Morgan fingerprint density at radius 2 is 1.35 bits per heavy atom. The second-order valence-corrected chi connectivity index (χ2v) is 16.4. The van der Waals surface area contributed by atoms with Crippen molar-refractivity contribution in [1.29, 1.82) is 0 Å². The van der Waals surface area contributed by atoms with E-state index in [1.54, 1.807) is 23.5 Å². The zero-order valence-electron chi connectivity index (χ0n) is 30.1. The summed E-state index contributed by atoms with van der Waals surface area (Å²) in [6.07, 6.45) is 15.6. The van der Waals surface area contributed by atoms with Crippen molar-refractivity contribution >= 4 is 40.6 Å². The van der Waals surface area contributed by atoms with E-state index in [4.69, 9.17) is 22.8 Å². The second kappa shape index (κ2) is 15.8. The van der Waals surface area contributed by atoms with Crippen LogP contribution in [0.5, 0.6) is 0 Å². The van der Waals surface area contributed by atoms with Gasteiger partial charge in [-0.2, -0.15) is 0 Å². The molecule has 4 nitrogen and oxygen atoms in total. The zero-order valence-corrected chi connectivity index (χ0v) is 31.7. The fourth-order valence-electron chi connectivity index (χ4n) is 8.07. The van der Waals surface area contributed by atoms with E-state index in [9.17, 15) is 0 Å². The predicted octanol–water partition coefficient (Wildman–Crippen LogP) is 10.9. The molecule has 0 aromatic heterocycles. The van der Waals surface area contributed by atoms with E-state index in [-0.39, 0.29) is 0 Å². The van der Waals surface area contributed by atoms with Crippen LogP contribution in [-0.2, 0) is 16.7 Å². The van der Waals surface area contributed by atoms with Crippen molar-refractivity contribution in [1.82, 2.24) is 4.90 Å². The van der Waals surface area contributed by atoms with Gasteiger partial charge in [0.1, 0.15) is 5.54 Å². The number of unbranched alkanes of at least 4 members (excludes halogenated alkanes) is 6. The fourth-order valence-corrected chi connectivity index (χ4v) is 9.53. The topological polar surface area (TPSA) is 64.5 Å². The molecule has 0 amide bonds. The molecule has 3 aromatic rings. The number of ether oxygens (including phenoxy) is 1. The Hall–Kier alpha value is -2.80. The summed E-state index contributed by atoms with van der Waals surface area (Å²) in [4.78, 5) is 4.97. The minimum Gasteiger partial charge on any atom is -0.398 e. The van der Waals surface area contributed by atoms with Gasteiger partial charge in [-0.25, -0.2) is 0 Å². The Kier molecular flexibility index (Phi) is 12.0. The number of nitrogens with two attached hydrogens (primary N) is 2. The lowest BCUT2D eigenvalue weighted by Gasteiger charge is -2.47. The highest BCUT2D eigenvalue weighted by molar-refractivity contribution is 7.99. The van der Waals surface area contributed by atoms with Gasteiger partial charge in [0.2, 0.25) is 0 Å². The van der Waals surface area contributed by atoms with Gasteiger partial charge in [0.05, 0.1) is 6.61 Å². The number of fused-ring (bicyclic) bond motifs is 6. The number of hydrogen-bond acceptors (Lipinski definition) is 6. The van der Waals surface area contributed by atoms with Crippen molar-refractivity contribution in [3.63, 3.8) is 0 Å². The molecule has 1 aliphatic carbocycles. The highest BCUT2D eigenvalue weighted by Crippen LogP contribution is 2.59. The molecule has 2 aliphatic rings. The molecule has 0 bridgehead atoms. The van der Waals surface area contributed by atoms with Crippen LogP contribution < -0.4 is 11.5 Å². The molecule has 1 aliphatic heterocycles. The fraction of sp³-hybridized carbons (Fsp3) is 0.476. The molecule has 0 atom stereocenters. The maximum Gasteiger partial charge on any atom is 0.117 e. The summed E-state index contributed by atoms with van der Waals surface area (Å²) < 4.78 is 5.91. The van der Waals surface area contributed by atoms with Gasteiger partial charge in [-0.15, -0.1) is 23.5 Å². The predicted molar refractivity (Wildman–Crippen MR) is 211 cm³/mol. The summed E-state index contributed by atoms with van der Waals surface area (Å²) in [7, 11) is 0. The summed E-state index contributed by atoms with van der Waals surface area (Å²) in [6.45, 7) is 18.4. The normalized spacial score (nSPS) is 14.7. The first-order valence-corrected chi connectivity index (χ1v) is 20.2. The molecule has 0 fully saturated rings. The minimum absolute atomic E-state index is 0.304. The van der Waals surface area contributed by atoms with E-state index in [2.05, 4.69) is 93.3 Å². The lowest BCUT2D eigenvalue weighted by molar-refractivity contribution is 0.131. The Morgan fingerprint density at radius 1 is 0.792 bits per heavy atom. The third-order valence-corrected chi connectivity index (χ3v) is 11.8. The standard InChI is InChI=1S/C42H57N3OS2/c1-29(28-41(3,4)5)23-26-46-25-16-12-10-8-9-11-15-24-45-30(2)31-17-13-14-18-34(31)42(45)35-19-21-37(43)39(47-6)32(35)27-33-36(42)20-22-38(44)40(33)48-7/h13-14,17-22H,1-2,8-12,15-16,23-28,43-44H2,3-7H3. The van der Waals surface area contributed by atoms with E-state index in [1.165, 1.54) is 80.8 Å². The minimum atomic E-state index is -0.466. The van der Waals surface area contributed by atoms with Gasteiger partial charge in [0, 0.05) is 52.0 Å². The molecule has 0 unspecified atom stereocenters. The van der Waals surface area contributed by atoms with Crippen LogP contribution in [0.2, 0.25) is 0 Å². The molecule has 6 heteroatoms. The van der Waals surface area contributed by atoms with Crippen molar-refractivity contribution in [3.05, 3.63) is 101 Å². The monoisotopic (exact) mass is 683 g/mol. The molecule has 1 spiro atoms. The van der Waals surface area contributed by atoms with Gasteiger partial charge in [-0.3, -0.25) is 0 Å². The number of thioether (sulfide) groups is 2. The van der Waals surface area contributed by atoms with Crippen LogP contribution in [-0.4, -0.2) is 37.2 Å². The average molecular weight is 684 g/mol. The molecule has 0 saturated carbocycles. The number of nitrogen functional groups attached to an aromatic ring is 2. The molecule has 1 heterocycles. The highest BCUT2D eigenvalue weighted by atomic mass is 32.2. The largest absolute Gasteiger partial charge is 0.398 e. The van der Waals surface area contributed by atoms with Crippen molar-refractivity contribution in [2.45, 2.75) is 100 Å². The van der Waals surface area contributed by atoms with Gasteiger partial charge in [-0.1, -0.05) is 108 Å². The number of rotatable bonds is 16. The van der Waals surface area contributed by atoms with E-state index in [1.807, 2.05) is 0 Å². The van der Waals surface area contributed by atoms with Crippen LogP contribution in [0.4, 0.5) is 11.4 Å². The third kappa shape index (κ3) is 7.37. The van der Waals surface area contributed by atoms with Crippen LogP contribution in [0.3, 0.4) is 0 Å². The Labute approximate surface area is 299 Å². The van der Waals surface area contributed by atoms with Gasteiger partial charge < -0.3 is 21.1 Å². The van der Waals surface area contributed by atoms with E-state index in [0.717, 1.165) is 68.9 Å². The molecule has 48 heavy (non-hydrogen) atoms. The Bertz CT molecular complexity index is 1560. The Balaban J connectivity index is 1.26. The molecular formula is C42H57N3OS2. The highest BCUT2D eigenvalue weighted by Gasteiger charge is 2.53. The summed E-state index contributed by atoms with van der Waals surface area (Å²) in [6, 6.07) is 17.7. The number of benzene rings is 3. The first-order valence-electron chi connectivity index (χ1n) is 17.8. The summed E-state index contributed by atoms with van der Waals surface area (Å²) in [5, 5.41) is 0. The lowest BCUT2D eigenvalue weighted by atomic mass is 9.68. The molecular weight excluding hydrogens is 627 g/mol. The van der Waals surface area contributed by atoms with Gasteiger partial charge in [0.25, 0.3) is 0 Å². The first kappa shape index (κ1) is 36.5. The zero-order chi connectivity index (χ0) is 34.5. The van der Waals surface area contributed by atoms with Crippen LogP contribution in [0.25, 0.3) is 5.70 Å². The van der Waals surface area contributed by atoms with Gasteiger partial charge in [0.15, 0.2) is 0 Å². The molecule has 4 N–H and O–H groups in total. The van der Waals surface area contributed by atoms with Crippen molar-refractivity contribution in [3.8, 4) is 0 Å². The van der Waals surface area contributed by atoms with Crippen LogP contribution in [0.1, 0.15) is 112 Å². The maximum absolute atomic E-state index is 6.63. The molecule has 0 saturated heterocycles. The van der Waals surface area contributed by atoms with E-state index in [0.29, 0.717) is 5.41 Å². The maximum atomic E-state index is 6.63. The third-order valence-electron chi connectivity index (χ3n) is 10.0. The smallest absolute Gasteiger partial charge is 0.117 e. The molecule has 5 rings (SSSR count). The summed E-state index contributed by atoms with van der Waals surface area (Å²) in [5.74, 6) is 0. The molecule has 258 valence electrons. The van der Waals surface area contributed by atoms with E-state index >= 15 is 0 Å². The average Bonchev–Trinajstić information content (AvgIpc) is 3.28. The van der Waals surface area contributed by atoms with Crippen molar-refractivity contribution in [2.75, 3.05) is 43.7 Å². The number of hydrogen-bond donors (Lipinski definition) is 2. The molecule has 3 aromatic carbocycles. The quantitative estimate of drug-likeness (QED) is 0.0678. The summed E-state index contributed by atoms with van der Waals surface area (Å²) in [5.41, 5.74) is 25.1. The van der Waals surface area contributed by atoms with Crippen molar-refractivity contribution < 1.29 is 4.74 Å². The number of nitrogens with zero attached hydrogens (tertiary/aromatic N) is 1. The van der Waals surface area contributed by atoms with Crippen LogP contribution >= 0.6 is 23.5 Å². The van der Waals surface area contributed by atoms with Crippen LogP contribution in [0.15, 0.2) is 77.1 Å². The summed E-state index contributed by atoms with van der Waals surface area (Å²) >= 11 is 3.50. The van der Waals surface area contributed by atoms with E-state index < -0.39 is 5.54 Å². The first-order chi connectivity index (χ1) is 23.0. The van der Waals surface area contributed by atoms with Crippen molar-refractivity contribution in [2.24, 2.45) is 5.41 Å².